The van der Waals surface area contributed by atoms with Gasteiger partial charge < -0.3 is 24.1 Å². The molecule has 0 atom stereocenters. The van der Waals surface area contributed by atoms with Gasteiger partial charge in [-0.3, -0.25) is 0 Å². The van der Waals surface area contributed by atoms with Crippen molar-refractivity contribution >= 4 is 23.9 Å². The quantitative estimate of drug-likeness (QED) is 0.539. The summed E-state index contributed by atoms with van der Waals surface area (Å²) >= 11 is 0. The van der Waals surface area contributed by atoms with Crippen LogP contribution in [0.1, 0.15) is 18.1 Å². The summed E-state index contributed by atoms with van der Waals surface area (Å²) in [7, 11) is 1.44. The fraction of sp³-hybridized carbons (Fsp3) is 0.190. The fourth-order valence-electron chi connectivity index (χ4n) is 2.58. The minimum Gasteiger partial charge on any atom is -0.494 e. The number of carbonyl (C=O) groups is 2. The van der Waals surface area contributed by atoms with Gasteiger partial charge in [-0.25, -0.2) is 14.6 Å². The minimum absolute atomic E-state index is 0.134. The molecule has 150 valence electrons. The molecule has 0 radical (unpaired) electrons. The van der Waals surface area contributed by atoms with Gasteiger partial charge in [0.2, 0.25) is 5.90 Å². The molecule has 0 spiro atoms. The maximum absolute atomic E-state index is 12.2. The highest BCUT2D eigenvalue weighted by Gasteiger charge is 2.24. The van der Waals surface area contributed by atoms with Gasteiger partial charge in [0.05, 0.1) is 13.7 Å². The molecule has 1 aliphatic rings. The van der Waals surface area contributed by atoms with Gasteiger partial charge in [0.15, 0.2) is 23.8 Å². The van der Waals surface area contributed by atoms with Gasteiger partial charge in [0.1, 0.15) is 5.75 Å². The zero-order chi connectivity index (χ0) is 20.8. The molecule has 0 aliphatic carbocycles. The van der Waals surface area contributed by atoms with Crippen molar-refractivity contribution in [3.8, 4) is 17.2 Å². The van der Waals surface area contributed by atoms with Crippen molar-refractivity contribution in [3.05, 3.63) is 59.3 Å². The molecule has 0 amide bonds. The van der Waals surface area contributed by atoms with Crippen molar-refractivity contribution in [1.29, 1.82) is 0 Å². The Hall–Kier alpha value is -3.81. The molecule has 8 nitrogen and oxygen atoms in total. The highest BCUT2D eigenvalue weighted by Crippen LogP contribution is 2.30. The fourth-order valence-corrected chi connectivity index (χ4v) is 2.58. The van der Waals surface area contributed by atoms with Crippen LogP contribution in [-0.4, -0.2) is 43.3 Å². The van der Waals surface area contributed by atoms with Crippen molar-refractivity contribution in [3.63, 3.8) is 0 Å². The van der Waals surface area contributed by atoms with Gasteiger partial charge in [0.25, 0.3) is 0 Å². The average Bonchev–Trinajstić information content (AvgIpc) is 3.08. The van der Waals surface area contributed by atoms with Crippen LogP contribution in [0.15, 0.2) is 53.2 Å². The normalized spacial score (nSPS) is 14.3. The zero-order valence-electron chi connectivity index (χ0n) is 15.9. The summed E-state index contributed by atoms with van der Waals surface area (Å²) in [6.45, 7) is 1.97. The molecule has 8 heteroatoms. The third kappa shape index (κ3) is 4.92. The molecule has 0 bridgehead atoms. The lowest BCUT2D eigenvalue weighted by Gasteiger charge is -2.09. The number of cyclic esters (lactones) is 1. The standard InChI is InChI=1S/C21H19NO7/c1-3-27-15-7-5-14(6-8-15)20-22-16(21(25)29-20)10-13-4-9-17(18(11-13)26-2)28-12-19(23)24/h4-11H,3,12H2,1-2H3,(H,23,24)/b16-10+. The first-order valence-electron chi connectivity index (χ1n) is 8.78. The molecule has 0 saturated carbocycles. The van der Waals surface area contributed by atoms with Crippen LogP contribution >= 0.6 is 0 Å². The van der Waals surface area contributed by atoms with Crippen molar-refractivity contribution in [2.24, 2.45) is 4.99 Å². The molecule has 0 saturated heterocycles. The number of carboxylic acid groups (broad SMARTS) is 1. The Morgan fingerprint density at radius 3 is 2.55 bits per heavy atom. The lowest BCUT2D eigenvalue weighted by molar-refractivity contribution is -0.139. The maximum atomic E-state index is 12.2. The molecule has 29 heavy (non-hydrogen) atoms. The Kier molecular flexibility index (Phi) is 6.13. The van der Waals surface area contributed by atoms with Crippen LogP contribution in [0, 0.1) is 0 Å². The van der Waals surface area contributed by atoms with E-state index in [2.05, 4.69) is 4.99 Å². The zero-order valence-corrected chi connectivity index (χ0v) is 15.9. The summed E-state index contributed by atoms with van der Waals surface area (Å²) < 4.78 is 21.0. The molecule has 0 unspecified atom stereocenters. The number of hydrogen-bond acceptors (Lipinski definition) is 7. The minimum atomic E-state index is -1.09. The number of ether oxygens (including phenoxy) is 4. The van der Waals surface area contributed by atoms with Crippen LogP contribution in [0.5, 0.6) is 17.2 Å². The number of hydrogen-bond donors (Lipinski definition) is 1. The first-order valence-corrected chi connectivity index (χ1v) is 8.78. The summed E-state index contributed by atoms with van der Waals surface area (Å²) in [4.78, 5) is 27.1. The molecular weight excluding hydrogens is 378 g/mol. The van der Waals surface area contributed by atoms with Crippen LogP contribution in [0.4, 0.5) is 0 Å². The average molecular weight is 397 g/mol. The predicted octanol–water partition coefficient (Wildman–Crippen LogP) is 2.90. The second-order valence-corrected chi connectivity index (χ2v) is 5.89. The number of carbonyl (C=O) groups excluding carboxylic acids is 1. The topological polar surface area (TPSA) is 104 Å². The number of aliphatic imine (C=N–C) groups is 1. The monoisotopic (exact) mass is 397 g/mol. The van der Waals surface area contributed by atoms with Crippen LogP contribution < -0.4 is 14.2 Å². The second kappa shape index (κ2) is 8.92. The van der Waals surface area contributed by atoms with E-state index in [0.29, 0.717) is 29.2 Å². The molecule has 2 aromatic carbocycles. The summed E-state index contributed by atoms with van der Waals surface area (Å²) in [5.41, 5.74) is 1.41. The molecule has 3 rings (SSSR count). The van der Waals surface area contributed by atoms with Gasteiger partial charge >= 0.3 is 11.9 Å². The van der Waals surface area contributed by atoms with E-state index in [1.807, 2.05) is 6.92 Å². The van der Waals surface area contributed by atoms with E-state index in [1.54, 1.807) is 48.5 Å². The van der Waals surface area contributed by atoms with Crippen molar-refractivity contribution in [2.75, 3.05) is 20.3 Å². The SMILES string of the molecule is CCOc1ccc(C2=N/C(=C/c3ccc(OCC(=O)O)c(OC)c3)C(=O)O2)cc1. The highest BCUT2D eigenvalue weighted by atomic mass is 16.6. The van der Waals surface area contributed by atoms with Gasteiger partial charge in [-0.15, -0.1) is 0 Å². The Labute approximate surface area is 167 Å². The van der Waals surface area contributed by atoms with Crippen LogP contribution in [0.3, 0.4) is 0 Å². The number of rotatable bonds is 8. The summed E-state index contributed by atoms with van der Waals surface area (Å²) in [5, 5.41) is 8.72. The van der Waals surface area contributed by atoms with Crippen molar-refractivity contribution < 1.29 is 33.6 Å². The van der Waals surface area contributed by atoms with E-state index < -0.39 is 18.5 Å². The number of aliphatic carboxylic acids is 1. The second-order valence-electron chi connectivity index (χ2n) is 5.89. The van der Waals surface area contributed by atoms with E-state index >= 15 is 0 Å². The summed E-state index contributed by atoms with van der Waals surface area (Å²) in [6, 6.07) is 11.9. The Morgan fingerprint density at radius 1 is 1.14 bits per heavy atom. The molecule has 0 fully saturated rings. The molecule has 2 aromatic rings. The number of esters is 1. The van der Waals surface area contributed by atoms with E-state index in [4.69, 9.17) is 24.1 Å². The summed E-state index contributed by atoms with van der Waals surface area (Å²) in [5.74, 6) is -0.124. The molecule has 0 aromatic heterocycles. The Balaban J connectivity index is 1.82. The Morgan fingerprint density at radius 2 is 1.90 bits per heavy atom. The number of methoxy groups -OCH3 is 1. The van der Waals surface area contributed by atoms with Gasteiger partial charge in [-0.1, -0.05) is 6.07 Å². The van der Waals surface area contributed by atoms with Gasteiger partial charge in [0, 0.05) is 5.56 Å². The van der Waals surface area contributed by atoms with Gasteiger partial charge in [-0.05, 0) is 55.0 Å². The lowest BCUT2D eigenvalue weighted by atomic mass is 10.1. The van der Waals surface area contributed by atoms with Crippen LogP contribution in [0.2, 0.25) is 0 Å². The first kappa shape index (κ1) is 19.9. The predicted molar refractivity (Wildman–Crippen MR) is 104 cm³/mol. The van der Waals surface area contributed by atoms with E-state index in [1.165, 1.54) is 7.11 Å². The Bertz CT molecular complexity index is 977. The van der Waals surface area contributed by atoms with E-state index in [0.717, 1.165) is 0 Å². The van der Waals surface area contributed by atoms with Crippen LogP contribution in [-0.2, 0) is 14.3 Å². The highest BCUT2D eigenvalue weighted by molar-refractivity contribution is 6.12. The molecule has 1 heterocycles. The van der Waals surface area contributed by atoms with Crippen molar-refractivity contribution in [1.82, 2.24) is 0 Å². The van der Waals surface area contributed by atoms with E-state index in [9.17, 15) is 9.59 Å². The largest absolute Gasteiger partial charge is 0.494 e. The molecule has 1 aliphatic heterocycles. The van der Waals surface area contributed by atoms with Gasteiger partial charge in [-0.2, -0.15) is 0 Å². The third-order valence-corrected chi connectivity index (χ3v) is 3.87. The van der Waals surface area contributed by atoms with E-state index in [-0.39, 0.29) is 17.3 Å². The van der Waals surface area contributed by atoms with Crippen molar-refractivity contribution in [2.45, 2.75) is 6.92 Å². The summed E-state index contributed by atoms with van der Waals surface area (Å²) in [6.07, 6.45) is 1.55. The smallest absolute Gasteiger partial charge is 0.363 e. The third-order valence-electron chi connectivity index (χ3n) is 3.87. The number of nitrogens with zero attached hydrogens (tertiary/aromatic N) is 1. The maximum Gasteiger partial charge on any atom is 0.363 e. The number of carboxylic acids is 1. The number of benzene rings is 2. The first-order chi connectivity index (χ1) is 14.0. The van der Waals surface area contributed by atoms with Crippen LogP contribution in [0.25, 0.3) is 6.08 Å². The molecular formula is C21H19NO7. The molecule has 1 N–H and O–H groups in total. The lowest BCUT2D eigenvalue weighted by Crippen LogP contribution is -2.10.